The molecule has 3 N–H and O–H groups in total. The Kier molecular flexibility index (Phi) is 3.60. The lowest BCUT2D eigenvalue weighted by Gasteiger charge is -1.94. The Morgan fingerprint density at radius 2 is 1.71 bits per heavy atom. The Labute approximate surface area is 99.1 Å². The van der Waals surface area contributed by atoms with Crippen LogP contribution in [0.3, 0.4) is 0 Å². The van der Waals surface area contributed by atoms with Gasteiger partial charge in [-0.15, -0.1) is 0 Å². The highest BCUT2D eigenvalue weighted by Crippen LogP contribution is 2.23. The van der Waals surface area contributed by atoms with Crippen molar-refractivity contribution in [3.8, 4) is 11.1 Å². The van der Waals surface area contributed by atoms with Gasteiger partial charge in [0.1, 0.15) is 6.26 Å². The molecular weight excluding hydrogens is 214 g/mol. The van der Waals surface area contributed by atoms with E-state index < -0.39 is 0 Å². The van der Waals surface area contributed by atoms with Crippen LogP contribution in [0, 0.1) is 0 Å². The van der Waals surface area contributed by atoms with Crippen molar-refractivity contribution >= 4 is 5.82 Å². The molecule has 2 heterocycles. The smallest absolute Gasteiger partial charge is 0.174 e. The maximum Gasteiger partial charge on any atom is 0.174 e. The van der Waals surface area contributed by atoms with Gasteiger partial charge in [0, 0.05) is 12.4 Å². The van der Waals surface area contributed by atoms with Gasteiger partial charge in [-0.3, -0.25) is 0 Å². The van der Waals surface area contributed by atoms with Crippen molar-refractivity contribution in [1.82, 2.24) is 10.1 Å². The summed E-state index contributed by atoms with van der Waals surface area (Å²) in [6, 6.07) is 13.7. The fourth-order valence-corrected chi connectivity index (χ4v) is 1.36. The summed E-state index contributed by atoms with van der Waals surface area (Å²) >= 11 is 0. The molecule has 0 saturated heterocycles. The summed E-state index contributed by atoms with van der Waals surface area (Å²) in [7, 11) is 0. The Hall–Kier alpha value is -2.49. The molecule has 3 aromatic rings. The van der Waals surface area contributed by atoms with E-state index in [1.807, 2.05) is 54.9 Å². The van der Waals surface area contributed by atoms with E-state index in [9.17, 15) is 0 Å². The van der Waals surface area contributed by atoms with Crippen molar-refractivity contribution < 1.29 is 4.52 Å². The number of nitrogens with one attached hydrogen (secondary N) is 1. The molecule has 17 heavy (non-hydrogen) atoms. The highest BCUT2D eigenvalue weighted by molar-refractivity contribution is 5.72. The predicted molar refractivity (Wildman–Crippen MR) is 67.1 cm³/mol. The highest BCUT2D eigenvalue weighted by atomic mass is 16.5. The topological polar surface area (TPSA) is 67.8 Å². The summed E-state index contributed by atoms with van der Waals surface area (Å²) in [6.07, 6.45) is 5.30. The second-order valence-corrected chi connectivity index (χ2v) is 3.36. The molecule has 0 spiro atoms. The van der Waals surface area contributed by atoms with E-state index in [2.05, 4.69) is 10.1 Å². The minimum absolute atomic E-state index is 0.432. The Balaban J connectivity index is 0.000000181. The molecule has 0 aliphatic carbocycles. The Bertz CT molecular complexity index is 512. The van der Waals surface area contributed by atoms with Crippen LogP contribution in [0.5, 0.6) is 0 Å². The fourth-order valence-electron chi connectivity index (χ4n) is 1.36. The summed E-state index contributed by atoms with van der Waals surface area (Å²) in [6.45, 7) is 0. The summed E-state index contributed by atoms with van der Waals surface area (Å²) in [5.74, 6) is 0.432. The first-order chi connectivity index (χ1) is 8.38. The second kappa shape index (κ2) is 5.55. The van der Waals surface area contributed by atoms with Gasteiger partial charge in [0.15, 0.2) is 5.82 Å². The third-order valence-electron chi connectivity index (χ3n) is 2.18. The third-order valence-corrected chi connectivity index (χ3v) is 2.18. The maximum absolute atomic E-state index is 5.57. The van der Waals surface area contributed by atoms with Crippen LogP contribution < -0.4 is 5.73 Å². The molecule has 4 heteroatoms. The molecule has 0 radical (unpaired) electrons. The number of nitrogen functional groups attached to an aromatic ring is 1. The zero-order valence-electron chi connectivity index (χ0n) is 9.21. The number of benzene rings is 1. The minimum atomic E-state index is 0.432. The lowest BCUT2D eigenvalue weighted by atomic mass is 10.1. The Morgan fingerprint density at radius 3 is 2.18 bits per heavy atom. The zero-order valence-corrected chi connectivity index (χ0v) is 9.21. The number of anilines is 1. The standard InChI is InChI=1S/C9H8N2O.C4H5N/c10-9-8(6-12-11-9)7-4-2-1-3-5-7;1-2-4-5-3-1/h1-6H,(H2,10,11);1-5H. The van der Waals surface area contributed by atoms with E-state index in [1.165, 1.54) is 0 Å². The molecular formula is C13H13N3O. The SMILES string of the molecule is Nc1nocc1-c1ccccc1.c1cc[nH]c1. The molecule has 0 unspecified atom stereocenters. The van der Waals surface area contributed by atoms with Crippen LogP contribution in [0.1, 0.15) is 0 Å². The molecule has 0 saturated carbocycles. The number of nitrogens with two attached hydrogens (primary N) is 1. The first kappa shape index (κ1) is 11.0. The van der Waals surface area contributed by atoms with Gasteiger partial charge < -0.3 is 15.2 Å². The van der Waals surface area contributed by atoms with Crippen LogP contribution in [-0.4, -0.2) is 10.1 Å². The second-order valence-electron chi connectivity index (χ2n) is 3.36. The largest absolute Gasteiger partial charge is 0.380 e. The van der Waals surface area contributed by atoms with Gasteiger partial charge in [-0.2, -0.15) is 0 Å². The summed E-state index contributed by atoms with van der Waals surface area (Å²) in [4.78, 5) is 2.86. The lowest BCUT2D eigenvalue weighted by Crippen LogP contribution is -1.86. The highest BCUT2D eigenvalue weighted by Gasteiger charge is 2.04. The summed E-state index contributed by atoms with van der Waals surface area (Å²) in [5.41, 5.74) is 7.44. The lowest BCUT2D eigenvalue weighted by molar-refractivity contribution is 0.423. The average Bonchev–Trinajstić information content (AvgIpc) is 3.03. The van der Waals surface area contributed by atoms with Crippen molar-refractivity contribution in [2.45, 2.75) is 0 Å². The quantitative estimate of drug-likeness (QED) is 0.671. The van der Waals surface area contributed by atoms with Crippen LogP contribution in [0.15, 0.2) is 65.6 Å². The molecule has 0 atom stereocenters. The van der Waals surface area contributed by atoms with Gasteiger partial charge in [-0.05, 0) is 17.7 Å². The van der Waals surface area contributed by atoms with E-state index in [1.54, 1.807) is 6.26 Å². The van der Waals surface area contributed by atoms with Crippen molar-refractivity contribution in [3.05, 3.63) is 61.1 Å². The number of rotatable bonds is 1. The van der Waals surface area contributed by atoms with E-state index >= 15 is 0 Å². The normalized spacial score (nSPS) is 9.41. The van der Waals surface area contributed by atoms with Gasteiger partial charge in [-0.1, -0.05) is 35.5 Å². The molecule has 3 rings (SSSR count). The maximum atomic E-state index is 5.57. The van der Waals surface area contributed by atoms with Crippen molar-refractivity contribution in [1.29, 1.82) is 0 Å². The predicted octanol–water partition coefficient (Wildman–Crippen LogP) is 2.94. The molecule has 1 aromatic carbocycles. The number of hydrogen-bond donors (Lipinski definition) is 2. The van der Waals surface area contributed by atoms with Crippen LogP contribution in [0.4, 0.5) is 5.82 Å². The third kappa shape index (κ3) is 2.98. The van der Waals surface area contributed by atoms with Crippen molar-refractivity contribution in [2.24, 2.45) is 0 Å². The molecule has 4 nitrogen and oxygen atoms in total. The summed E-state index contributed by atoms with van der Waals surface area (Å²) in [5, 5.41) is 3.60. The van der Waals surface area contributed by atoms with Crippen LogP contribution in [-0.2, 0) is 0 Å². The molecule has 0 bridgehead atoms. The van der Waals surface area contributed by atoms with Crippen molar-refractivity contribution in [3.63, 3.8) is 0 Å². The number of hydrogen-bond acceptors (Lipinski definition) is 3. The molecule has 0 aliphatic heterocycles. The zero-order chi connectivity index (χ0) is 11.9. The van der Waals surface area contributed by atoms with Crippen LogP contribution >= 0.6 is 0 Å². The van der Waals surface area contributed by atoms with Gasteiger partial charge in [0.2, 0.25) is 0 Å². The van der Waals surface area contributed by atoms with Gasteiger partial charge in [0.05, 0.1) is 5.56 Å². The van der Waals surface area contributed by atoms with Crippen LogP contribution in [0.25, 0.3) is 11.1 Å². The number of aromatic nitrogens is 2. The number of nitrogens with zero attached hydrogens (tertiary/aromatic N) is 1. The molecule has 0 fully saturated rings. The first-order valence-electron chi connectivity index (χ1n) is 5.21. The molecule has 86 valence electrons. The molecule has 0 aliphatic rings. The van der Waals surface area contributed by atoms with E-state index in [0.717, 1.165) is 11.1 Å². The monoisotopic (exact) mass is 227 g/mol. The minimum Gasteiger partial charge on any atom is -0.380 e. The molecule has 2 aromatic heterocycles. The number of H-pyrrole nitrogens is 1. The summed E-state index contributed by atoms with van der Waals surface area (Å²) < 4.78 is 4.72. The Morgan fingerprint density at radius 1 is 1.00 bits per heavy atom. The van der Waals surface area contributed by atoms with E-state index in [4.69, 9.17) is 10.3 Å². The van der Waals surface area contributed by atoms with Gasteiger partial charge in [0.25, 0.3) is 0 Å². The van der Waals surface area contributed by atoms with Gasteiger partial charge >= 0.3 is 0 Å². The van der Waals surface area contributed by atoms with Gasteiger partial charge in [-0.25, -0.2) is 0 Å². The average molecular weight is 227 g/mol. The fraction of sp³-hybridized carbons (Fsp3) is 0. The van der Waals surface area contributed by atoms with Crippen LogP contribution in [0.2, 0.25) is 0 Å². The number of aromatic amines is 1. The molecule has 0 amide bonds. The van der Waals surface area contributed by atoms with Crippen molar-refractivity contribution in [2.75, 3.05) is 5.73 Å². The first-order valence-corrected chi connectivity index (χ1v) is 5.21. The van der Waals surface area contributed by atoms with E-state index in [-0.39, 0.29) is 0 Å². The van der Waals surface area contributed by atoms with E-state index in [0.29, 0.717) is 5.82 Å².